The molecule has 6 heavy (non-hydrogen) atoms. The fourth-order valence-corrected chi connectivity index (χ4v) is 0.230. The molecule has 1 fully saturated rings. The minimum absolute atomic E-state index is 0.333. The second-order valence-corrected chi connectivity index (χ2v) is 0.938. The van der Waals surface area contributed by atoms with Gasteiger partial charge < -0.3 is 4.74 Å². The van der Waals surface area contributed by atoms with Crippen LogP contribution in [0.25, 0.3) is 0 Å². The van der Waals surface area contributed by atoms with E-state index in [-0.39, 0.29) is 0 Å². The van der Waals surface area contributed by atoms with Gasteiger partial charge in [0.2, 0.25) is 5.88 Å². The van der Waals surface area contributed by atoms with Crippen molar-refractivity contribution in [3.05, 3.63) is 12.5 Å². The first kappa shape index (κ1) is 3.21. The van der Waals surface area contributed by atoms with Gasteiger partial charge >= 0.3 is 6.09 Å². The summed E-state index contributed by atoms with van der Waals surface area (Å²) in [6.07, 6.45) is -0.417. The molecule has 0 radical (unpaired) electrons. The number of carbonyl (C=O) groups is 1. The lowest BCUT2D eigenvalue weighted by atomic mass is 10.7. The van der Waals surface area contributed by atoms with E-state index in [1.54, 1.807) is 0 Å². The van der Waals surface area contributed by atoms with Crippen molar-refractivity contribution in [1.29, 1.82) is 0 Å². The van der Waals surface area contributed by atoms with E-state index in [0.29, 0.717) is 5.88 Å². The van der Waals surface area contributed by atoms with Gasteiger partial charge in [-0.2, -0.15) is 0 Å². The summed E-state index contributed by atoms with van der Waals surface area (Å²) >= 11 is 0. The van der Waals surface area contributed by atoms with E-state index < -0.39 is 6.09 Å². The molecule has 1 aliphatic heterocycles. The van der Waals surface area contributed by atoms with Gasteiger partial charge in [0.25, 0.3) is 0 Å². The molecule has 32 valence electrons. The van der Waals surface area contributed by atoms with E-state index in [9.17, 15) is 4.79 Å². The Kier molecular flexibility index (Phi) is 0.395. The summed E-state index contributed by atoms with van der Waals surface area (Å²) in [4.78, 5) is 9.72. The van der Waals surface area contributed by atoms with Gasteiger partial charge in [-0.25, -0.2) is 4.79 Å². The zero-order chi connectivity index (χ0) is 4.57. The van der Waals surface area contributed by atoms with Crippen molar-refractivity contribution in [3.8, 4) is 0 Å². The maximum absolute atomic E-state index is 9.72. The third kappa shape index (κ3) is 0.247. The Morgan fingerprint density at radius 1 is 1.83 bits per heavy atom. The van der Waals surface area contributed by atoms with E-state index >= 15 is 0 Å². The van der Waals surface area contributed by atoms with Gasteiger partial charge in [0.15, 0.2) is 0 Å². The average Bonchev–Trinajstić information content (AvgIpc) is 1.33. The summed E-state index contributed by atoms with van der Waals surface area (Å²) in [6.45, 7) is 3.26. The lowest BCUT2D eigenvalue weighted by Crippen LogP contribution is -2.36. The molecular weight excluding hydrogens is 82.0 g/mol. The maximum atomic E-state index is 9.72. The first-order valence-electron chi connectivity index (χ1n) is 1.47. The van der Waals surface area contributed by atoms with Gasteiger partial charge in [0.1, 0.15) is 0 Å². The third-order valence-electron chi connectivity index (χ3n) is 0.457. The highest BCUT2D eigenvalue weighted by atomic mass is 16.6. The normalized spacial score (nSPS) is 18.0. The molecule has 0 aromatic rings. The molecule has 3 nitrogen and oxygen atoms in total. The molecule has 1 N–H and O–H groups in total. The number of cyclic esters (lactones) is 1. The molecule has 1 amide bonds. The van der Waals surface area contributed by atoms with E-state index in [1.165, 1.54) is 0 Å². The molecule has 0 aromatic carbocycles. The summed E-state index contributed by atoms with van der Waals surface area (Å²) in [5.41, 5.74) is 0. The van der Waals surface area contributed by atoms with E-state index in [4.69, 9.17) is 0 Å². The third-order valence-corrected chi connectivity index (χ3v) is 0.457. The molecule has 0 aromatic heterocycles. The number of nitrogens with one attached hydrogen (secondary N) is 1. The zero-order valence-electron chi connectivity index (χ0n) is 3.02. The minimum atomic E-state index is -0.417. The van der Waals surface area contributed by atoms with Crippen LogP contribution in [0.1, 0.15) is 0 Å². The van der Waals surface area contributed by atoms with Crippen LogP contribution in [0, 0.1) is 0 Å². The Morgan fingerprint density at radius 2 is 2.33 bits per heavy atom. The minimum Gasteiger partial charge on any atom is -0.393 e. The first-order chi connectivity index (χ1) is 2.79. The van der Waals surface area contributed by atoms with Crippen molar-refractivity contribution in [2.75, 3.05) is 0 Å². The fraction of sp³-hybridized carbons (Fsp3) is 0. The molecule has 1 heterocycles. The molecule has 0 aliphatic carbocycles. The van der Waals surface area contributed by atoms with Crippen LogP contribution < -0.4 is 5.32 Å². The van der Waals surface area contributed by atoms with Gasteiger partial charge in [-0.05, 0) is 6.58 Å². The van der Waals surface area contributed by atoms with Gasteiger partial charge in [-0.15, -0.1) is 0 Å². The summed E-state index contributed by atoms with van der Waals surface area (Å²) in [5, 5.41) is 2.25. The van der Waals surface area contributed by atoms with Gasteiger partial charge in [0, 0.05) is 0 Å². The van der Waals surface area contributed by atoms with Crippen LogP contribution in [0.4, 0.5) is 4.79 Å². The van der Waals surface area contributed by atoms with Crippen LogP contribution >= 0.6 is 0 Å². The van der Waals surface area contributed by atoms with Crippen molar-refractivity contribution in [2.45, 2.75) is 0 Å². The number of hydrogen-bond acceptors (Lipinski definition) is 2. The molecular formula is C3H3NO2. The monoisotopic (exact) mass is 85.0 g/mol. The van der Waals surface area contributed by atoms with Gasteiger partial charge in [0.05, 0.1) is 0 Å². The van der Waals surface area contributed by atoms with E-state index in [1.807, 2.05) is 0 Å². The van der Waals surface area contributed by atoms with Crippen molar-refractivity contribution >= 4 is 6.09 Å². The Morgan fingerprint density at radius 3 is 2.33 bits per heavy atom. The Bertz CT molecular complexity index is 85.4. The molecule has 0 saturated carbocycles. The van der Waals surface area contributed by atoms with Crippen molar-refractivity contribution in [2.24, 2.45) is 0 Å². The molecule has 3 heteroatoms. The van der Waals surface area contributed by atoms with Crippen molar-refractivity contribution in [1.82, 2.24) is 5.32 Å². The Labute approximate surface area is 34.6 Å². The highest BCUT2D eigenvalue weighted by Gasteiger charge is 2.15. The molecule has 0 spiro atoms. The molecule has 0 bridgehead atoms. The fourth-order valence-electron chi connectivity index (χ4n) is 0.230. The summed E-state index contributed by atoms with van der Waals surface area (Å²) < 4.78 is 4.19. The van der Waals surface area contributed by atoms with Crippen LogP contribution in [0.3, 0.4) is 0 Å². The average molecular weight is 85.1 g/mol. The number of amides is 1. The van der Waals surface area contributed by atoms with Crippen LogP contribution in [0.15, 0.2) is 12.5 Å². The number of ether oxygens (including phenoxy) is 1. The van der Waals surface area contributed by atoms with Gasteiger partial charge in [-0.1, -0.05) is 0 Å². The first-order valence-corrected chi connectivity index (χ1v) is 1.47. The standard InChI is InChI=1S/C3H3NO2/c1-2-4-3(5)6-2/h1H2,(H,4,5). The van der Waals surface area contributed by atoms with Crippen LogP contribution in [0.5, 0.6) is 0 Å². The van der Waals surface area contributed by atoms with Crippen LogP contribution in [-0.4, -0.2) is 6.09 Å². The molecule has 0 atom stereocenters. The zero-order valence-corrected chi connectivity index (χ0v) is 3.02. The Hall–Kier alpha value is -0.990. The second kappa shape index (κ2) is 0.739. The summed E-state index contributed by atoms with van der Waals surface area (Å²) in [5.74, 6) is 0.333. The van der Waals surface area contributed by atoms with E-state index in [0.717, 1.165) is 0 Å². The van der Waals surface area contributed by atoms with Crippen molar-refractivity contribution < 1.29 is 9.53 Å². The van der Waals surface area contributed by atoms with Gasteiger partial charge in [-0.3, -0.25) is 5.32 Å². The lowest BCUT2D eigenvalue weighted by Gasteiger charge is -2.14. The molecule has 0 unspecified atom stereocenters. The number of hydrogen-bond donors (Lipinski definition) is 1. The van der Waals surface area contributed by atoms with Crippen molar-refractivity contribution in [3.63, 3.8) is 0 Å². The highest BCUT2D eigenvalue weighted by Crippen LogP contribution is 1.98. The lowest BCUT2D eigenvalue weighted by molar-refractivity contribution is 0.133. The topological polar surface area (TPSA) is 38.3 Å². The predicted octanol–water partition coefficient (Wildman–Crippen LogP) is 0.197. The predicted molar refractivity (Wildman–Crippen MR) is 18.8 cm³/mol. The smallest absolute Gasteiger partial charge is 0.393 e. The maximum Gasteiger partial charge on any atom is 0.420 e. The second-order valence-electron chi connectivity index (χ2n) is 0.938. The van der Waals surface area contributed by atoms with E-state index in [2.05, 4.69) is 16.6 Å². The van der Waals surface area contributed by atoms with Crippen LogP contribution in [0.2, 0.25) is 0 Å². The molecule has 1 aliphatic rings. The quantitative estimate of drug-likeness (QED) is 0.456. The Balaban J connectivity index is 2.47. The number of carbonyl (C=O) groups excluding carboxylic acids is 1. The SMILES string of the molecule is C=C1NC(=O)O1. The summed E-state index contributed by atoms with van der Waals surface area (Å²) in [6, 6.07) is 0. The molecule has 1 rings (SSSR count). The largest absolute Gasteiger partial charge is 0.420 e. The van der Waals surface area contributed by atoms with Crippen LogP contribution in [-0.2, 0) is 4.74 Å². The number of rotatable bonds is 0. The molecule has 1 saturated heterocycles. The summed E-state index contributed by atoms with van der Waals surface area (Å²) in [7, 11) is 0. The highest BCUT2D eigenvalue weighted by molar-refractivity contribution is 5.75.